The molecule has 0 spiro atoms. The minimum atomic E-state index is -0.340. The van der Waals surface area contributed by atoms with Gasteiger partial charge in [0.05, 0.1) is 17.6 Å². The van der Waals surface area contributed by atoms with Crippen LogP contribution in [0.1, 0.15) is 52.1 Å². The lowest BCUT2D eigenvalue weighted by atomic mass is 10.1. The highest BCUT2D eigenvalue weighted by Gasteiger charge is 2.11. The number of aliphatic imine (C=N–C) groups is 1. The molecule has 0 fully saturated rings. The van der Waals surface area contributed by atoms with Gasteiger partial charge < -0.3 is 10.4 Å². The van der Waals surface area contributed by atoms with E-state index >= 15 is 0 Å². The largest absolute Gasteiger partial charge is 0.508 e. The first kappa shape index (κ1) is 19.7. The summed E-state index contributed by atoms with van der Waals surface area (Å²) in [5.41, 5.74) is 2.00. The van der Waals surface area contributed by atoms with Crippen LogP contribution in [-0.4, -0.2) is 26.2 Å². The van der Waals surface area contributed by atoms with E-state index in [-0.39, 0.29) is 17.6 Å². The Morgan fingerprint density at radius 1 is 1.46 bits per heavy atom. The molecule has 2 N–H and O–H groups in total. The molecule has 2 heterocycles. The fraction of sp³-hybridized carbons (Fsp3) is 0.400. The van der Waals surface area contributed by atoms with Crippen LogP contribution in [0.2, 0.25) is 0 Å². The van der Waals surface area contributed by atoms with Gasteiger partial charge in [-0.25, -0.2) is 14.4 Å². The van der Waals surface area contributed by atoms with E-state index in [1.807, 2.05) is 6.92 Å². The van der Waals surface area contributed by atoms with E-state index in [4.69, 9.17) is 0 Å². The van der Waals surface area contributed by atoms with Crippen molar-refractivity contribution >= 4 is 11.4 Å². The fourth-order valence-corrected chi connectivity index (χ4v) is 2.76. The Morgan fingerprint density at radius 3 is 2.88 bits per heavy atom. The summed E-state index contributed by atoms with van der Waals surface area (Å²) < 4.78 is 15.2. The monoisotopic (exact) mass is 358 g/mol. The van der Waals surface area contributed by atoms with Gasteiger partial charge in [0, 0.05) is 18.3 Å². The van der Waals surface area contributed by atoms with Gasteiger partial charge in [0.1, 0.15) is 23.0 Å². The first-order valence-corrected chi connectivity index (χ1v) is 8.99. The third-order valence-corrected chi connectivity index (χ3v) is 4.18. The van der Waals surface area contributed by atoms with Gasteiger partial charge in [-0.3, -0.25) is 4.40 Å². The number of unbranched alkanes of at least 4 members (excludes halogenated alkanes) is 1. The predicted molar refractivity (Wildman–Crippen MR) is 104 cm³/mol. The lowest BCUT2D eigenvalue weighted by molar-refractivity contribution is 0.431. The van der Waals surface area contributed by atoms with Crippen molar-refractivity contribution < 1.29 is 9.50 Å². The van der Waals surface area contributed by atoms with Gasteiger partial charge in [-0.15, -0.1) is 0 Å². The maximum absolute atomic E-state index is 13.6. The molecule has 2 rings (SSSR count). The van der Waals surface area contributed by atoms with Gasteiger partial charge in [0.15, 0.2) is 0 Å². The van der Waals surface area contributed by atoms with E-state index in [9.17, 15) is 9.50 Å². The summed E-state index contributed by atoms with van der Waals surface area (Å²) in [4.78, 5) is 8.87. The number of aliphatic hydroxyl groups is 1. The first-order valence-electron chi connectivity index (χ1n) is 8.99. The molecule has 0 aliphatic heterocycles. The molecule has 0 aliphatic carbocycles. The molecule has 26 heavy (non-hydrogen) atoms. The van der Waals surface area contributed by atoms with Crippen molar-refractivity contribution in [2.24, 2.45) is 4.99 Å². The van der Waals surface area contributed by atoms with Crippen LogP contribution in [0.4, 0.5) is 4.39 Å². The van der Waals surface area contributed by atoms with Crippen molar-refractivity contribution in [2.75, 3.05) is 0 Å². The van der Waals surface area contributed by atoms with E-state index in [0.29, 0.717) is 22.9 Å². The minimum Gasteiger partial charge on any atom is -0.508 e. The van der Waals surface area contributed by atoms with Crippen molar-refractivity contribution in [3.8, 4) is 0 Å². The highest BCUT2D eigenvalue weighted by molar-refractivity contribution is 5.98. The number of halogens is 1. The number of aliphatic hydroxyl groups excluding tert-OH is 1. The quantitative estimate of drug-likeness (QED) is 0.386. The Hall–Kier alpha value is -2.63. The van der Waals surface area contributed by atoms with Crippen molar-refractivity contribution in [2.45, 2.75) is 52.5 Å². The molecule has 0 saturated heterocycles. The summed E-state index contributed by atoms with van der Waals surface area (Å²) in [5.74, 6) is 0.121. The van der Waals surface area contributed by atoms with Gasteiger partial charge >= 0.3 is 0 Å². The molecule has 1 unspecified atom stereocenters. The smallest absolute Gasteiger partial charge is 0.139 e. The molecule has 5 nitrogen and oxygen atoms in total. The highest BCUT2D eigenvalue weighted by atomic mass is 19.1. The molecule has 6 heteroatoms. The second-order valence-electron chi connectivity index (χ2n) is 6.33. The molecule has 0 aromatic carbocycles. The normalized spacial score (nSPS) is 13.8. The van der Waals surface area contributed by atoms with Crippen molar-refractivity contribution in [1.82, 2.24) is 14.7 Å². The average molecular weight is 358 g/mol. The van der Waals surface area contributed by atoms with Gasteiger partial charge in [0.2, 0.25) is 0 Å². The van der Waals surface area contributed by atoms with E-state index in [1.54, 1.807) is 16.7 Å². The number of rotatable bonds is 9. The maximum atomic E-state index is 13.6. The molecular weight excluding hydrogens is 331 g/mol. The SMILES string of the molecule is C=C(O)/C=C(\N=C(/C)c1cnc2ccc(F)cn12)NC(CC)CCCC. The van der Waals surface area contributed by atoms with E-state index in [1.165, 1.54) is 18.3 Å². The second kappa shape index (κ2) is 9.17. The number of pyridine rings is 1. The third kappa shape index (κ3) is 5.18. The Bertz CT molecular complexity index is 822. The van der Waals surface area contributed by atoms with Crippen LogP contribution in [0.25, 0.3) is 5.65 Å². The molecule has 0 amide bonds. The summed E-state index contributed by atoms with van der Waals surface area (Å²) in [6.07, 6.45) is 8.76. The molecule has 2 aromatic rings. The lowest BCUT2D eigenvalue weighted by Crippen LogP contribution is -2.27. The number of aromatic nitrogens is 2. The molecular formula is C20H27FN4O. The highest BCUT2D eigenvalue weighted by Crippen LogP contribution is 2.13. The molecule has 140 valence electrons. The Kier molecular flexibility index (Phi) is 6.95. The summed E-state index contributed by atoms with van der Waals surface area (Å²) >= 11 is 0. The van der Waals surface area contributed by atoms with Crippen LogP contribution < -0.4 is 5.32 Å². The first-order chi connectivity index (χ1) is 12.4. The zero-order chi connectivity index (χ0) is 19.1. The predicted octanol–water partition coefficient (Wildman–Crippen LogP) is 4.75. The minimum absolute atomic E-state index is 0.0708. The molecule has 0 radical (unpaired) electrons. The number of nitrogens with one attached hydrogen (secondary N) is 1. The van der Waals surface area contributed by atoms with Gasteiger partial charge in [0.25, 0.3) is 0 Å². The lowest BCUT2D eigenvalue weighted by Gasteiger charge is -2.18. The van der Waals surface area contributed by atoms with E-state index in [2.05, 4.69) is 35.7 Å². The van der Waals surface area contributed by atoms with E-state index < -0.39 is 0 Å². The number of hydrogen-bond acceptors (Lipinski definition) is 4. The topological polar surface area (TPSA) is 61.9 Å². The summed E-state index contributed by atoms with van der Waals surface area (Å²) in [6, 6.07) is 3.26. The fourth-order valence-electron chi connectivity index (χ4n) is 2.76. The summed E-state index contributed by atoms with van der Waals surface area (Å²) in [5, 5.41) is 13.0. The zero-order valence-corrected chi connectivity index (χ0v) is 15.7. The van der Waals surface area contributed by atoms with Crippen LogP contribution in [0.15, 0.2) is 53.8 Å². The van der Waals surface area contributed by atoms with E-state index in [0.717, 1.165) is 25.7 Å². The number of allylic oxidation sites excluding steroid dienone is 1. The number of fused-ring (bicyclic) bond motifs is 1. The average Bonchev–Trinajstić information content (AvgIpc) is 3.00. The van der Waals surface area contributed by atoms with Crippen molar-refractivity contribution in [3.05, 3.63) is 60.3 Å². The number of imidazole rings is 1. The number of hydrogen-bond donors (Lipinski definition) is 2. The van der Waals surface area contributed by atoms with Gasteiger partial charge in [-0.2, -0.15) is 0 Å². The standard InChI is InChI=1S/C20H27FN4O/c1-5-7-8-17(6-2)24-19(11-14(3)26)23-15(4)18-12-22-20-10-9-16(21)13-25(18)20/h9-13,17,24,26H,3,5-8H2,1-2,4H3/b19-11+,23-15+. The second-order valence-corrected chi connectivity index (χ2v) is 6.33. The molecule has 0 bridgehead atoms. The molecule has 0 aliphatic rings. The summed E-state index contributed by atoms with van der Waals surface area (Å²) in [7, 11) is 0. The zero-order valence-electron chi connectivity index (χ0n) is 15.7. The van der Waals surface area contributed by atoms with Crippen molar-refractivity contribution in [3.63, 3.8) is 0 Å². The maximum Gasteiger partial charge on any atom is 0.139 e. The van der Waals surface area contributed by atoms with Crippen LogP contribution >= 0.6 is 0 Å². The Balaban J connectivity index is 2.32. The Labute approximate surface area is 154 Å². The summed E-state index contributed by atoms with van der Waals surface area (Å²) in [6.45, 7) is 9.63. The van der Waals surface area contributed by atoms with Crippen molar-refractivity contribution in [1.29, 1.82) is 0 Å². The Morgan fingerprint density at radius 2 is 2.23 bits per heavy atom. The third-order valence-electron chi connectivity index (χ3n) is 4.18. The molecule has 0 saturated carbocycles. The molecule has 1 atom stereocenters. The van der Waals surface area contributed by atoms with Crippen LogP contribution in [0.5, 0.6) is 0 Å². The van der Waals surface area contributed by atoms with Gasteiger partial charge in [-0.1, -0.05) is 33.3 Å². The van der Waals surface area contributed by atoms with Crippen LogP contribution in [0.3, 0.4) is 0 Å². The number of nitrogens with zero attached hydrogens (tertiary/aromatic N) is 3. The van der Waals surface area contributed by atoms with Crippen LogP contribution in [-0.2, 0) is 0 Å². The molecule has 2 aromatic heterocycles. The van der Waals surface area contributed by atoms with Crippen LogP contribution in [0, 0.1) is 5.82 Å². The van der Waals surface area contributed by atoms with Gasteiger partial charge in [-0.05, 0) is 31.9 Å².